The van der Waals surface area contributed by atoms with E-state index in [9.17, 15) is 0 Å². The Morgan fingerprint density at radius 1 is 1.21 bits per heavy atom. The van der Waals surface area contributed by atoms with Crippen molar-refractivity contribution in [3.05, 3.63) is 48.2 Å². The summed E-state index contributed by atoms with van der Waals surface area (Å²) in [4.78, 5) is 4.43. The molecule has 5 heteroatoms. The third-order valence-electron chi connectivity index (χ3n) is 3.16. The van der Waals surface area contributed by atoms with Crippen LogP contribution in [0.4, 0.5) is 0 Å². The van der Waals surface area contributed by atoms with E-state index in [1.165, 1.54) is 10.9 Å². The molecule has 0 spiro atoms. The molecule has 0 aliphatic heterocycles. The van der Waals surface area contributed by atoms with Crippen molar-refractivity contribution >= 4 is 10.9 Å². The van der Waals surface area contributed by atoms with Gasteiger partial charge in [-0.1, -0.05) is 18.2 Å². The molecule has 1 aromatic carbocycles. The molecule has 0 aliphatic carbocycles. The first-order valence-electron chi connectivity index (χ1n) is 6.33. The number of hydrogen-bond acceptors (Lipinski definition) is 3. The lowest BCUT2D eigenvalue weighted by Crippen LogP contribution is -2.11. The van der Waals surface area contributed by atoms with Crippen molar-refractivity contribution in [3.8, 4) is 0 Å². The molecule has 5 nitrogen and oxygen atoms in total. The molecule has 3 aromatic rings. The maximum Gasteiger partial charge on any atom is 0.147 e. The number of benzene rings is 1. The van der Waals surface area contributed by atoms with Gasteiger partial charge < -0.3 is 9.67 Å². The molecule has 3 rings (SSSR count). The zero-order valence-electron chi connectivity index (χ0n) is 10.8. The van der Waals surface area contributed by atoms with E-state index in [0.717, 1.165) is 11.6 Å². The molecule has 19 heavy (non-hydrogen) atoms. The van der Waals surface area contributed by atoms with Crippen molar-refractivity contribution in [1.82, 2.24) is 19.3 Å². The Kier molecular flexibility index (Phi) is 3.05. The fourth-order valence-electron chi connectivity index (χ4n) is 2.32. The van der Waals surface area contributed by atoms with Crippen LogP contribution in [0, 0.1) is 6.92 Å². The van der Waals surface area contributed by atoms with Gasteiger partial charge in [-0.25, -0.2) is 9.67 Å². The second-order valence-electron chi connectivity index (χ2n) is 4.52. The van der Waals surface area contributed by atoms with Crippen LogP contribution in [-0.2, 0) is 13.1 Å². The second-order valence-corrected chi connectivity index (χ2v) is 4.52. The van der Waals surface area contributed by atoms with Crippen LogP contribution in [0.2, 0.25) is 0 Å². The highest BCUT2D eigenvalue weighted by Crippen LogP contribution is 2.16. The van der Waals surface area contributed by atoms with E-state index in [1.54, 1.807) is 4.68 Å². The minimum absolute atomic E-state index is 0.0717. The molecule has 0 fully saturated rings. The number of fused-ring (bicyclic) bond motifs is 1. The van der Waals surface area contributed by atoms with Crippen molar-refractivity contribution in [1.29, 1.82) is 0 Å². The minimum Gasteiger partial charge on any atom is -0.394 e. The summed E-state index contributed by atoms with van der Waals surface area (Å²) in [7, 11) is 0. The molecule has 2 heterocycles. The molecule has 0 radical (unpaired) electrons. The third kappa shape index (κ3) is 2.24. The first-order chi connectivity index (χ1) is 9.28. The smallest absolute Gasteiger partial charge is 0.147 e. The van der Waals surface area contributed by atoms with Crippen molar-refractivity contribution in [2.24, 2.45) is 0 Å². The molecule has 98 valence electrons. The van der Waals surface area contributed by atoms with Gasteiger partial charge in [-0.05, 0) is 24.4 Å². The summed E-state index contributed by atoms with van der Waals surface area (Å²) >= 11 is 0. The maximum atomic E-state index is 9.06. The number of para-hydroxylation sites is 1. The van der Waals surface area contributed by atoms with Crippen molar-refractivity contribution in [2.45, 2.75) is 20.0 Å². The molecule has 0 saturated carbocycles. The van der Waals surface area contributed by atoms with Gasteiger partial charge in [0.05, 0.1) is 19.7 Å². The topological polar surface area (TPSA) is 55.9 Å². The average Bonchev–Trinajstić information content (AvgIpc) is 2.96. The van der Waals surface area contributed by atoms with Gasteiger partial charge in [0.25, 0.3) is 0 Å². The molecule has 0 aliphatic rings. The largest absolute Gasteiger partial charge is 0.394 e. The molecule has 2 aromatic heterocycles. The second kappa shape index (κ2) is 4.85. The molecule has 0 unspecified atom stereocenters. The van der Waals surface area contributed by atoms with Crippen LogP contribution in [0.1, 0.15) is 11.6 Å². The molecular formula is C14H16N4O. The summed E-state index contributed by atoms with van der Waals surface area (Å²) in [6.45, 7) is 3.08. The minimum atomic E-state index is 0.0717. The van der Waals surface area contributed by atoms with Gasteiger partial charge in [-0.15, -0.1) is 0 Å². The van der Waals surface area contributed by atoms with E-state index in [2.05, 4.69) is 39.0 Å². The van der Waals surface area contributed by atoms with Crippen LogP contribution in [0.15, 0.2) is 36.5 Å². The van der Waals surface area contributed by atoms with Gasteiger partial charge >= 0.3 is 0 Å². The quantitative estimate of drug-likeness (QED) is 0.771. The highest BCUT2D eigenvalue weighted by Gasteiger charge is 2.09. The molecule has 0 atom stereocenters. The normalized spacial score (nSPS) is 11.3. The molecule has 0 amide bonds. The Hall–Kier alpha value is -2.14. The predicted molar refractivity (Wildman–Crippen MR) is 72.9 cm³/mol. The number of aromatic nitrogens is 4. The monoisotopic (exact) mass is 256 g/mol. The van der Waals surface area contributed by atoms with Crippen molar-refractivity contribution in [2.75, 3.05) is 6.61 Å². The highest BCUT2D eigenvalue weighted by atomic mass is 16.3. The van der Waals surface area contributed by atoms with Gasteiger partial charge in [-0.2, -0.15) is 5.10 Å². The summed E-state index contributed by atoms with van der Waals surface area (Å²) < 4.78 is 3.91. The number of aliphatic hydroxyl groups excluding tert-OH is 1. The Morgan fingerprint density at radius 2 is 2.05 bits per heavy atom. The van der Waals surface area contributed by atoms with Crippen LogP contribution < -0.4 is 0 Å². The van der Waals surface area contributed by atoms with Gasteiger partial charge in [-0.3, -0.25) is 0 Å². The van der Waals surface area contributed by atoms with Crippen LogP contribution in [0.3, 0.4) is 0 Å². The average molecular weight is 256 g/mol. The van der Waals surface area contributed by atoms with Gasteiger partial charge in [0.15, 0.2) is 0 Å². The molecule has 1 N–H and O–H groups in total. The highest BCUT2D eigenvalue weighted by molar-refractivity contribution is 5.79. The van der Waals surface area contributed by atoms with E-state index < -0.39 is 0 Å². The van der Waals surface area contributed by atoms with E-state index in [1.807, 2.05) is 19.1 Å². The predicted octanol–water partition coefficient (Wildman–Crippen LogP) is 1.58. The van der Waals surface area contributed by atoms with Crippen molar-refractivity contribution < 1.29 is 5.11 Å². The van der Waals surface area contributed by atoms with Gasteiger partial charge in [0, 0.05) is 11.7 Å². The number of aryl methyl sites for hydroxylation is 1. The zero-order chi connectivity index (χ0) is 13.2. The first kappa shape index (κ1) is 11.9. The Morgan fingerprint density at radius 3 is 2.89 bits per heavy atom. The lowest BCUT2D eigenvalue weighted by Gasteiger charge is -2.06. The SMILES string of the molecule is Cc1nc(Cn2ccc3ccccc32)n(CCO)n1. The van der Waals surface area contributed by atoms with E-state index >= 15 is 0 Å². The number of hydrogen-bond donors (Lipinski definition) is 1. The first-order valence-corrected chi connectivity index (χ1v) is 6.33. The summed E-state index contributed by atoms with van der Waals surface area (Å²) in [5.74, 6) is 1.60. The van der Waals surface area contributed by atoms with E-state index in [-0.39, 0.29) is 6.61 Å². The zero-order valence-corrected chi connectivity index (χ0v) is 10.8. The molecule has 0 bridgehead atoms. The van der Waals surface area contributed by atoms with Gasteiger partial charge in [0.2, 0.25) is 0 Å². The van der Waals surface area contributed by atoms with Crippen LogP contribution in [0.25, 0.3) is 10.9 Å². The summed E-state index contributed by atoms with van der Waals surface area (Å²) in [5.41, 5.74) is 1.18. The number of aliphatic hydroxyl groups is 1. The van der Waals surface area contributed by atoms with E-state index in [0.29, 0.717) is 13.1 Å². The van der Waals surface area contributed by atoms with Crippen molar-refractivity contribution in [3.63, 3.8) is 0 Å². The Balaban J connectivity index is 1.96. The summed E-state index contributed by atoms with van der Waals surface area (Å²) in [5, 5.41) is 14.6. The Bertz CT molecular complexity index is 698. The van der Waals surface area contributed by atoms with Crippen LogP contribution in [0.5, 0.6) is 0 Å². The van der Waals surface area contributed by atoms with Crippen LogP contribution in [-0.4, -0.2) is 31.0 Å². The summed E-state index contributed by atoms with van der Waals surface area (Å²) in [6, 6.07) is 10.3. The maximum absolute atomic E-state index is 9.06. The van der Waals surface area contributed by atoms with Gasteiger partial charge in [0.1, 0.15) is 11.6 Å². The molecule has 0 saturated heterocycles. The number of rotatable bonds is 4. The fourth-order valence-corrected chi connectivity index (χ4v) is 2.32. The fraction of sp³-hybridized carbons (Fsp3) is 0.286. The Labute approximate surface area is 111 Å². The van der Waals surface area contributed by atoms with E-state index in [4.69, 9.17) is 5.11 Å². The molecular weight excluding hydrogens is 240 g/mol. The third-order valence-corrected chi connectivity index (χ3v) is 3.16. The summed E-state index contributed by atoms with van der Waals surface area (Å²) in [6.07, 6.45) is 2.05. The lowest BCUT2D eigenvalue weighted by atomic mass is 10.2. The number of nitrogens with zero attached hydrogens (tertiary/aromatic N) is 4. The standard InChI is InChI=1S/C14H16N4O/c1-11-15-14(18(16-11)8-9-19)10-17-7-6-12-4-2-3-5-13(12)17/h2-7,19H,8-10H2,1H3. The lowest BCUT2D eigenvalue weighted by molar-refractivity contribution is 0.266. The van der Waals surface area contributed by atoms with Crippen LogP contribution >= 0.6 is 0 Å².